The molecule has 0 saturated heterocycles. The number of hydrogen-bond acceptors (Lipinski definition) is 1. The summed E-state index contributed by atoms with van der Waals surface area (Å²) in [6, 6.07) is 5.83. The van der Waals surface area contributed by atoms with Crippen molar-refractivity contribution in [3.05, 3.63) is 35.4 Å². The summed E-state index contributed by atoms with van der Waals surface area (Å²) in [5.74, 6) is -0.0159. The largest absolute Gasteiger partial charge is 0.416 e. The molecule has 1 fully saturated rings. The van der Waals surface area contributed by atoms with Crippen LogP contribution in [0.15, 0.2) is 24.3 Å². The van der Waals surface area contributed by atoms with Crippen LogP contribution in [0.25, 0.3) is 0 Å². The second-order valence-corrected chi connectivity index (χ2v) is 4.01. The third kappa shape index (κ3) is 2.50. The highest BCUT2D eigenvalue weighted by molar-refractivity contribution is 5.85. The van der Waals surface area contributed by atoms with Gasteiger partial charge in [0.15, 0.2) is 0 Å². The first-order valence-corrected chi connectivity index (χ1v) is 4.90. The first-order valence-electron chi connectivity index (χ1n) is 4.90. The van der Waals surface area contributed by atoms with Gasteiger partial charge in [0.05, 0.1) is 5.56 Å². The van der Waals surface area contributed by atoms with E-state index in [-0.39, 0.29) is 24.4 Å². The van der Waals surface area contributed by atoms with E-state index in [2.05, 4.69) is 0 Å². The van der Waals surface area contributed by atoms with Gasteiger partial charge < -0.3 is 5.73 Å². The minimum Gasteiger partial charge on any atom is -0.328 e. The Labute approximate surface area is 98.2 Å². The lowest BCUT2D eigenvalue weighted by atomic mass is 9.75. The van der Waals surface area contributed by atoms with Gasteiger partial charge in [-0.3, -0.25) is 0 Å². The van der Waals surface area contributed by atoms with Crippen LogP contribution in [0.1, 0.15) is 29.9 Å². The normalized spacial score (nSPS) is 24.5. The predicted octanol–water partition coefficient (Wildman–Crippen LogP) is 3.33. The van der Waals surface area contributed by atoms with Crippen molar-refractivity contribution >= 4 is 12.4 Å². The summed E-state index contributed by atoms with van der Waals surface area (Å²) in [5, 5.41) is 0. The summed E-state index contributed by atoms with van der Waals surface area (Å²) in [5.41, 5.74) is 5.47. The fourth-order valence-corrected chi connectivity index (χ4v) is 2.03. The molecule has 16 heavy (non-hydrogen) atoms. The van der Waals surface area contributed by atoms with Crippen molar-refractivity contribution in [2.45, 2.75) is 31.0 Å². The van der Waals surface area contributed by atoms with Crippen molar-refractivity contribution in [2.24, 2.45) is 5.73 Å². The molecule has 1 aliphatic rings. The smallest absolute Gasteiger partial charge is 0.328 e. The fourth-order valence-electron chi connectivity index (χ4n) is 2.03. The molecular formula is C11H13ClF3N. The highest BCUT2D eigenvalue weighted by Gasteiger charge is 2.37. The van der Waals surface area contributed by atoms with Crippen LogP contribution in [0, 0.1) is 0 Å². The van der Waals surface area contributed by atoms with Crippen LogP contribution in [0.4, 0.5) is 13.2 Å². The lowest BCUT2D eigenvalue weighted by Crippen LogP contribution is -2.35. The summed E-state index contributed by atoms with van der Waals surface area (Å²) in [7, 11) is 0. The molecule has 0 aromatic heterocycles. The summed E-state index contributed by atoms with van der Waals surface area (Å²) >= 11 is 0. The van der Waals surface area contributed by atoms with E-state index in [1.165, 1.54) is 6.07 Å². The van der Waals surface area contributed by atoms with Crippen molar-refractivity contribution in [3.63, 3.8) is 0 Å². The molecule has 0 unspecified atom stereocenters. The molecule has 0 amide bonds. The van der Waals surface area contributed by atoms with Gasteiger partial charge in [-0.05, 0) is 30.4 Å². The average Bonchev–Trinajstić information content (AvgIpc) is 2.12. The van der Waals surface area contributed by atoms with E-state index >= 15 is 0 Å². The van der Waals surface area contributed by atoms with Gasteiger partial charge in [0.1, 0.15) is 0 Å². The molecule has 0 atom stereocenters. The molecule has 90 valence electrons. The van der Waals surface area contributed by atoms with Crippen molar-refractivity contribution in [2.75, 3.05) is 0 Å². The van der Waals surface area contributed by atoms with Crippen LogP contribution in [0.5, 0.6) is 0 Å². The number of nitrogens with two attached hydrogens (primary N) is 1. The Morgan fingerprint density at radius 2 is 1.69 bits per heavy atom. The molecule has 0 bridgehead atoms. The maximum absolute atomic E-state index is 12.6. The van der Waals surface area contributed by atoms with Gasteiger partial charge >= 0.3 is 6.18 Å². The van der Waals surface area contributed by atoms with Gasteiger partial charge in [0.25, 0.3) is 0 Å². The maximum atomic E-state index is 12.6. The van der Waals surface area contributed by atoms with Gasteiger partial charge in [-0.15, -0.1) is 12.4 Å². The van der Waals surface area contributed by atoms with Gasteiger partial charge in [-0.25, -0.2) is 0 Å². The van der Waals surface area contributed by atoms with Crippen LogP contribution in [-0.2, 0) is 6.18 Å². The molecule has 0 heterocycles. The molecule has 5 heteroatoms. The number of alkyl halides is 3. The fraction of sp³-hybridized carbons (Fsp3) is 0.455. The molecular weight excluding hydrogens is 239 g/mol. The van der Waals surface area contributed by atoms with Crippen LogP contribution >= 0.6 is 12.4 Å². The molecule has 2 rings (SSSR count). The van der Waals surface area contributed by atoms with E-state index in [1.807, 2.05) is 0 Å². The van der Waals surface area contributed by atoms with E-state index in [0.717, 1.165) is 6.07 Å². The second kappa shape index (κ2) is 4.63. The molecule has 0 spiro atoms. The second-order valence-electron chi connectivity index (χ2n) is 4.01. The first-order chi connectivity index (χ1) is 6.98. The predicted molar refractivity (Wildman–Crippen MR) is 58.6 cm³/mol. The first kappa shape index (κ1) is 13.3. The summed E-state index contributed by atoms with van der Waals surface area (Å²) in [4.78, 5) is 0. The van der Waals surface area contributed by atoms with Crippen molar-refractivity contribution in [3.8, 4) is 0 Å². The minimum atomic E-state index is -4.25. The Bertz CT molecular complexity index is 358. The molecule has 1 aromatic rings. The molecule has 0 radical (unpaired) electrons. The van der Waals surface area contributed by atoms with Crippen molar-refractivity contribution < 1.29 is 13.2 Å². The van der Waals surface area contributed by atoms with Crippen LogP contribution in [0.2, 0.25) is 0 Å². The van der Waals surface area contributed by atoms with E-state index in [0.29, 0.717) is 18.4 Å². The van der Waals surface area contributed by atoms with E-state index < -0.39 is 11.7 Å². The van der Waals surface area contributed by atoms with Crippen LogP contribution in [0.3, 0.4) is 0 Å². The highest BCUT2D eigenvalue weighted by atomic mass is 35.5. The quantitative estimate of drug-likeness (QED) is 0.814. The Kier molecular flexibility index (Phi) is 3.86. The zero-order valence-electron chi connectivity index (χ0n) is 8.50. The Morgan fingerprint density at radius 1 is 1.12 bits per heavy atom. The monoisotopic (exact) mass is 251 g/mol. The third-order valence-electron chi connectivity index (χ3n) is 2.88. The third-order valence-corrected chi connectivity index (χ3v) is 2.88. The Hall–Kier alpha value is -0.740. The number of hydrogen-bond donors (Lipinski definition) is 1. The van der Waals surface area contributed by atoms with E-state index in [9.17, 15) is 13.2 Å². The Balaban J connectivity index is 0.00000128. The SMILES string of the molecule is Cl.NC1CC(c2ccccc2C(F)(F)F)C1. The maximum Gasteiger partial charge on any atom is 0.416 e. The van der Waals surface area contributed by atoms with Gasteiger partial charge in [-0.2, -0.15) is 13.2 Å². The van der Waals surface area contributed by atoms with E-state index in [1.54, 1.807) is 12.1 Å². The highest BCUT2D eigenvalue weighted by Crippen LogP contribution is 2.42. The Morgan fingerprint density at radius 3 is 2.19 bits per heavy atom. The lowest BCUT2D eigenvalue weighted by molar-refractivity contribution is -0.138. The summed E-state index contributed by atoms with van der Waals surface area (Å²) in [6.45, 7) is 0. The molecule has 1 saturated carbocycles. The zero-order chi connectivity index (χ0) is 11.1. The lowest BCUT2D eigenvalue weighted by Gasteiger charge is -2.34. The van der Waals surface area contributed by atoms with Crippen LogP contribution in [-0.4, -0.2) is 6.04 Å². The summed E-state index contributed by atoms with van der Waals surface area (Å²) < 4.78 is 37.9. The molecule has 1 nitrogen and oxygen atoms in total. The zero-order valence-corrected chi connectivity index (χ0v) is 9.31. The van der Waals surface area contributed by atoms with Gasteiger partial charge in [0, 0.05) is 6.04 Å². The van der Waals surface area contributed by atoms with Gasteiger partial charge in [-0.1, -0.05) is 18.2 Å². The molecule has 1 aliphatic carbocycles. The van der Waals surface area contributed by atoms with Crippen molar-refractivity contribution in [1.82, 2.24) is 0 Å². The summed E-state index contributed by atoms with van der Waals surface area (Å²) in [6.07, 6.45) is -2.93. The minimum absolute atomic E-state index is 0. The van der Waals surface area contributed by atoms with Crippen molar-refractivity contribution in [1.29, 1.82) is 0 Å². The molecule has 2 N–H and O–H groups in total. The number of rotatable bonds is 1. The average molecular weight is 252 g/mol. The molecule has 0 aliphatic heterocycles. The van der Waals surface area contributed by atoms with Gasteiger partial charge in [0.2, 0.25) is 0 Å². The standard InChI is InChI=1S/C11H12F3N.ClH/c12-11(13,14)10-4-2-1-3-9(10)7-5-8(15)6-7;/h1-4,7-8H,5-6,15H2;1H. The topological polar surface area (TPSA) is 26.0 Å². The number of benzene rings is 1. The number of halogens is 4. The molecule has 1 aromatic carbocycles. The van der Waals surface area contributed by atoms with Crippen LogP contribution < -0.4 is 5.73 Å². The van der Waals surface area contributed by atoms with E-state index in [4.69, 9.17) is 5.73 Å².